The van der Waals surface area contributed by atoms with E-state index in [1.165, 1.54) is 6.33 Å². The van der Waals surface area contributed by atoms with Crippen molar-refractivity contribution in [3.8, 4) is 5.88 Å². The maximum absolute atomic E-state index is 5.45. The first kappa shape index (κ1) is 11.7. The summed E-state index contributed by atoms with van der Waals surface area (Å²) in [7, 11) is 1.98. The zero-order valence-electron chi connectivity index (χ0n) is 9.31. The van der Waals surface area contributed by atoms with E-state index in [0.717, 1.165) is 18.8 Å². The molecule has 0 atom stereocenters. The van der Waals surface area contributed by atoms with Gasteiger partial charge in [-0.25, -0.2) is 9.97 Å². The first-order chi connectivity index (χ1) is 7.27. The van der Waals surface area contributed by atoms with Crippen molar-refractivity contribution in [2.24, 2.45) is 5.73 Å². The molecule has 5 nitrogen and oxygen atoms in total. The minimum absolute atomic E-state index is 0.613. The molecule has 1 aromatic rings. The number of hydrogen-bond acceptors (Lipinski definition) is 5. The molecule has 1 heterocycles. The lowest BCUT2D eigenvalue weighted by Crippen LogP contribution is -2.22. The van der Waals surface area contributed by atoms with Gasteiger partial charge in [0.1, 0.15) is 12.1 Å². The molecule has 0 aliphatic rings. The zero-order chi connectivity index (χ0) is 11.1. The molecule has 1 aromatic heterocycles. The summed E-state index contributed by atoms with van der Waals surface area (Å²) < 4.78 is 5.30. The Labute approximate surface area is 90.3 Å². The van der Waals surface area contributed by atoms with Crippen LogP contribution >= 0.6 is 0 Å². The molecule has 0 spiro atoms. The molecule has 0 bridgehead atoms. The monoisotopic (exact) mass is 210 g/mol. The second-order valence-corrected chi connectivity index (χ2v) is 3.21. The van der Waals surface area contributed by atoms with E-state index in [9.17, 15) is 0 Å². The Bertz CT molecular complexity index is 293. The van der Waals surface area contributed by atoms with Crippen molar-refractivity contribution in [1.29, 1.82) is 0 Å². The highest BCUT2D eigenvalue weighted by Gasteiger charge is 2.03. The van der Waals surface area contributed by atoms with Gasteiger partial charge in [0, 0.05) is 19.7 Å². The van der Waals surface area contributed by atoms with Crippen LogP contribution in [0.4, 0.5) is 5.82 Å². The smallest absolute Gasteiger partial charge is 0.218 e. The van der Waals surface area contributed by atoms with Gasteiger partial charge in [0.25, 0.3) is 0 Å². The van der Waals surface area contributed by atoms with Gasteiger partial charge in [0.05, 0.1) is 6.61 Å². The SMILES string of the molecule is CCOc1cc(N(C)CCCN)ncn1. The molecular formula is C10H18N4O. The minimum atomic E-state index is 0.613. The third-order valence-corrected chi connectivity index (χ3v) is 2.01. The van der Waals surface area contributed by atoms with Gasteiger partial charge >= 0.3 is 0 Å². The molecule has 0 unspecified atom stereocenters. The minimum Gasteiger partial charge on any atom is -0.478 e. The lowest BCUT2D eigenvalue weighted by atomic mass is 10.4. The van der Waals surface area contributed by atoms with E-state index in [4.69, 9.17) is 10.5 Å². The highest BCUT2D eigenvalue weighted by atomic mass is 16.5. The van der Waals surface area contributed by atoms with Crippen LogP contribution in [0.15, 0.2) is 12.4 Å². The molecule has 0 aliphatic carbocycles. The summed E-state index contributed by atoms with van der Waals surface area (Å²) in [5.41, 5.74) is 5.45. The largest absolute Gasteiger partial charge is 0.478 e. The third kappa shape index (κ3) is 3.71. The normalized spacial score (nSPS) is 10.1. The molecule has 0 amide bonds. The number of nitrogens with two attached hydrogens (primary N) is 1. The van der Waals surface area contributed by atoms with E-state index >= 15 is 0 Å². The van der Waals surface area contributed by atoms with Crippen molar-refractivity contribution in [3.63, 3.8) is 0 Å². The van der Waals surface area contributed by atoms with E-state index < -0.39 is 0 Å². The molecular weight excluding hydrogens is 192 g/mol. The van der Waals surface area contributed by atoms with Gasteiger partial charge in [-0.05, 0) is 19.9 Å². The standard InChI is InChI=1S/C10H18N4O/c1-3-15-10-7-9(12-8-13-10)14(2)6-4-5-11/h7-8H,3-6,11H2,1-2H3. The van der Waals surface area contributed by atoms with Gasteiger partial charge < -0.3 is 15.4 Å². The van der Waals surface area contributed by atoms with Crippen LogP contribution in [0.1, 0.15) is 13.3 Å². The van der Waals surface area contributed by atoms with E-state index in [1.54, 1.807) is 0 Å². The Hall–Kier alpha value is -1.36. The van der Waals surface area contributed by atoms with E-state index in [-0.39, 0.29) is 0 Å². The van der Waals surface area contributed by atoms with Crippen LogP contribution in [0, 0.1) is 0 Å². The van der Waals surface area contributed by atoms with E-state index in [1.807, 2.05) is 24.9 Å². The molecule has 1 rings (SSSR count). The summed E-state index contributed by atoms with van der Waals surface area (Å²) in [6, 6.07) is 1.83. The maximum atomic E-state index is 5.45. The van der Waals surface area contributed by atoms with Crippen molar-refractivity contribution in [2.45, 2.75) is 13.3 Å². The molecule has 0 radical (unpaired) electrons. The van der Waals surface area contributed by atoms with Crippen LogP contribution in [-0.2, 0) is 0 Å². The second-order valence-electron chi connectivity index (χ2n) is 3.21. The predicted molar refractivity (Wildman–Crippen MR) is 60.1 cm³/mol. The fourth-order valence-electron chi connectivity index (χ4n) is 1.21. The number of ether oxygens (including phenoxy) is 1. The van der Waals surface area contributed by atoms with Crippen LogP contribution < -0.4 is 15.4 Å². The number of rotatable bonds is 6. The molecule has 0 saturated heterocycles. The van der Waals surface area contributed by atoms with Gasteiger partial charge in [-0.2, -0.15) is 0 Å². The molecule has 0 fully saturated rings. The highest BCUT2D eigenvalue weighted by molar-refractivity contribution is 5.39. The third-order valence-electron chi connectivity index (χ3n) is 2.01. The van der Waals surface area contributed by atoms with Gasteiger partial charge in [0.15, 0.2) is 0 Å². The average molecular weight is 210 g/mol. The quantitative estimate of drug-likeness (QED) is 0.747. The Kier molecular flexibility index (Phi) is 4.83. The number of anilines is 1. The van der Waals surface area contributed by atoms with Crippen LogP contribution in [-0.4, -0.2) is 36.7 Å². The Morgan fingerprint density at radius 3 is 2.93 bits per heavy atom. The molecule has 0 saturated carbocycles. The molecule has 15 heavy (non-hydrogen) atoms. The summed E-state index contributed by atoms with van der Waals surface area (Å²) in [5, 5.41) is 0. The summed E-state index contributed by atoms with van der Waals surface area (Å²) in [6.07, 6.45) is 2.46. The van der Waals surface area contributed by atoms with Crippen molar-refractivity contribution in [1.82, 2.24) is 9.97 Å². The van der Waals surface area contributed by atoms with Gasteiger partial charge in [0.2, 0.25) is 5.88 Å². The first-order valence-electron chi connectivity index (χ1n) is 5.14. The van der Waals surface area contributed by atoms with Gasteiger partial charge in [-0.3, -0.25) is 0 Å². The molecule has 5 heteroatoms. The zero-order valence-corrected chi connectivity index (χ0v) is 9.31. The Balaban J connectivity index is 2.62. The Morgan fingerprint density at radius 1 is 1.47 bits per heavy atom. The average Bonchev–Trinajstić information content (AvgIpc) is 2.27. The summed E-state index contributed by atoms with van der Waals surface area (Å²) in [5.74, 6) is 1.48. The summed E-state index contributed by atoms with van der Waals surface area (Å²) >= 11 is 0. The predicted octanol–water partition coefficient (Wildman–Crippen LogP) is 0.660. The van der Waals surface area contributed by atoms with E-state index in [2.05, 4.69) is 9.97 Å². The highest BCUT2D eigenvalue weighted by Crippen LogP contribution is 2.14. The molecule has 84 valence electrons. The lowest BCUT2D eigenvalue weighted by Gasteiger charge is -2.17. The van der Waals surface area contributed by atoms with Gasteiger partial charge in [-0.15, -0.1) is 0 Å². The molecule has 0 aliphatic heterocycles. The molecule has 0 aromatic carbocycles. The van der Waals surface area contributed by atoms with E-state index in [0.29, 0.717) is 19.0 Å². The van der Waals surface area contributed by atoms with Crippen LogP contribution in [0.2, 0.25) is 0 Å². The number of aromatic nitrogens is 2. The topological polar surface area (TPSA) is 64.3 Å². The van der Waals surface area contributed by atoms with Crippen LogP contribution in [0.3, 0.4) is 0 Å². The van der Waals surface area contributed by atoms with Crippen LogP contribution in [0.5, 0.6) is 5.88 Å². The van der Waals surface area contributed by atoms with Crippen LogP contribution in [0.25, 0.3) is 0 Å². The van der Waals surface area contributed by atoms with Crippen molar-refractivity contribution in [3.05, 3.63) is 12.4 Å². The van der Waals surface area contributed by atoms with Gasteiger partial charge in [-0.1, -0.05) is 0 Å². The fraction of sp³-hybridized carbons (Fsp3) is 0.600. The van der Waals surface area contributed by atoms with Crippen molar-refractivity contribution in [2.75, 3.05) is 31.6 Å². The van der Waals surface area contributed by atoms with Crippen molar-refractivity contribution >= 4 is 5.82 Å². The molecule has 2 N–H and O–H groups in total. The Morgan fingerprint density at radius 2 is 2.27 bits per heavy atom. The first-order valence-corrected chi connectivity index (χ1v) is 5.14. The maximum Gasteiger partial charge on any atom is 0.218 e. The number of nitrogens with zero attached hydrogens (tertiary/aromatic N) is 3. The number of hydrogen-bond donors (Lipinski definition) is 1. The summed E-state index contributed by atoms with van der Waals surface area (Å²) in [6.45, 7) is 4.12. The fourth-order valence-corrected chi connectivity index (χ4v) is 1.21. The lowest BCUT2D eigenvalue weighted by molar-refractivity contribution is 0.326. The van der Waals surface area contributed by atoms with Crippen molar-refractivity contribution < 1.29 is 4.74 Å². The summed E-state index contributed by atoms with van der Waals surface area (Å²) in [4.78, 5) is 10.2. The second kappa shape index (κ2) is 6.19.